The van der Waals surface area contributed by atoms with Crippen molar-refractivity contribution in [3.63, 3.8) is 0 Å². The molecule has 0 spiro atoms. The van der Waals surface area contributed by atoms with Gasteiger partial charge in [-0.2, -0.15) is 11.8 Å². The largest absolute Gasteiger partial charge is 0.384 e. The molecule has 0 radical (unpaired) electrons. The van der Waals surface area contributed by atoms with Gasteiger partial charge < -0.3 is 5.73 Å². The number of nitrogen functional groups attached to an aromatic ring is 1. The second kappa shape index (κ2) is 5.73. The van der Waals surface area contributed by atoms with E-state index in [2.05, 4.69) is 36.2 Å². The van der Waals surface area contributed by atoms with Crippen LogP contribution in [0.2, 0.25) is 0 Å². The number of hydrogen-bond donors (Lipinski definition) is 1. The summed E-state index contributed by atoms with van der Waals surface area (Å²) in [6, 6.07) is 12.5. The molecule has 0 atom stereocenters. The van der Waals surface area contributed by atoms with E-state index in [1.807, 2.05) is 23.9 Å². The van der Waals surface area contributed by atoms with Gasteiger partial charge in [0.25, 0.3) is 0 Å². The van der Waals surface area contributed by atoms with Gasteiger partial charge in [0, 0.05) is 17.7 Å². The third kappa shape index (κ3) is 3.49. The Balaban J connectivity index is 1.90. The van der Waals surface area contributed by atoms with Crippen LogP contribution in [0.1, 0.15) is 16.7 Å². The average molecular weight is 244 g/mol. The number of thioether (sulfide) groups is 1. The lowest BCUT2D eigenvalue weighted by Crippen LogP contribution is -1.91. The maximum atomic E-state index is 5.65. The summed E-state index contributed by atoms with van der Waals surface area (Å²) in [5, 5.41) is 0. The van der Waals surface area contributed by atoms with Gasteiger partial charge in [-0.3, -0.25) is 0 Å². The van der Waals surface area contributed by atoms with Gasteiger partial charge in [-0.15, -0.1) is 0 Å². The predicted octanol–water partition coefficient (Wildman–Crippen LogP) is 3.41. The second-order valence-electron chi connectivity index (χ2n) is 4.01. The fourth-order valence-electron chi connectivity index (χ4n) is 1.64. The molecule has 0 amide bonds. The molecule has 0 bridgehead atoms. The van der Waals surface area contributed by atoms with Crippen LogP contribution in [0, 0.1) is 6.92 Å². The van der Waals surface area contributed by atoms with Crippen molar-refractivity contribution in [3.05, 3.63) is 59.3 Å². The van der Waals surface area contributed by atoms with E-state index >= 15 is 0 Å². The first-order valence-corrected chi connectivity index (χ1v) is 6.74. The summed E-state index contributed by atoms with van der Waals surface area (Å²) >= 11 is 1.90. The Morgan fingerprint density at radius 1 is 1.18 bits per heavy atom. The highest BCUT2D eigenvalue weighted by Crippen LogP contribution is 2.20. The molecule has 88 valence electrons. The fraction of sp³-hybridized carbons (Fsp3) is 0.214. The normalized spacial score (nSPS) is 10.4. The smallest absolute Gasteiger partial charge is 0.123 e. The van der Waals surface area contributed by atoms with Crippen LogP contribution in [-0.4, -0.2) is 4.98 Å². The number of nitrogens with two attached hydrogens (primary N) is 1. The van der Waals surface area contributed by atoms with Crippen molar-refractivity contribution in [2.75, 3.05) is 5.73 Å². The highest BCUT2D eigenvalue weighted by atomic mass is 32.2. The van der Waals surface area contributed by atoms with E-state index in [-0.39, 0.29) is 0 Å². The lowest BCUT2D eigenvalue weighted by Gasteiger charge is -2.05. The van der Waals surface area contributed by atoms with E-state index < -0.39 is 0 Å². The van der Waals surface area contributed by atoms with E-state index in [4.69, 9.17) is 5.73 Å². The third-order valence-corrected chi connectivity index (χ3v) is 3.69. The zero-order valence-electron chi connectivity index (χ0n) is 9.89. The van der Waals surface area contributed by atoms with Gasteiger partial charge in [-0.05, 0) is 35.7 Å². The van der Waals surface area contributed by atoms with Crippen LogP contribution >= 0.6 is 11.8 Å². The van der Waals surface area contributed by atoms with Gasteiger partial charge in [-0.1, -0.05) is 24.3 Å². The van der Waals surface area contributed by atoms with Crippen molar-refractivity contribution in [1.82, 2.24) is 4.98 Å². The van der Waals surface area contributed by atoms with Crippen LogP contribution in [-0.2, 0) is 11.5 Å². The zero-order chi connectivity index (χ0) is 12.1. The Morgan fingerprint density at radius 3 is 2.76 bits per heavy atom. The first kappa shape index (κ1) is 12.0. The van der Waals surface area contributed by atoms with Crippen molar-refractivity contribution in [3.8, 4) is 0 Å². The molecule has 3 heteroatoms. The van der Waals surface area contributed by atoms with Crippen LogP contribution in [0.25, 0.3) is 0 Å². The molecule has 0 aliphatic heterocycles. The summed E-state index contributed by atoms with van der Waals surface area (Å²) in [5.74, 6) is 2.61. The van der Waals surface area contributed by atoms with Gasteiger partial charge in [0.05, 0.1) is 0 Å². The van der Waals surface area contributed by atoms with E-state index in [1.165, 1.54) is 16.7 Å². The Hall–Kier alpha value is -1.48. The topological polar surface area (TPSA) is 38.9 Å². The summed E-state index contributed by atoms with van der Waals surface area (Å²) in [4.78, 5) is 3.99. The Labute approximate surface area is 106 Å². The SMILES string of the molecule is Cc1ccccc1CSCc1ccnc(N)c1. The van der Waals surface area contributed by atoms with Crippen molar-refractivity contribution < 1.29 is 0 Å². The number of nitrogens with zero attached hydrogens (tertiary/aromatic N) is 1. The summed E-state index contributed by atoms with van der Waals surface area (Å²) in [6.07, 6.45) is 1.76. The number of pyridine rings is 1. The Morgan fingerprint density at radius 2 is 2.00 bits per heavy atom. The number of anilines is 1. The van der Waals surface area contributed by atoms with Crippen molar-refractivity contribution in [2.45, 2.75) is 18.4 Å². The minimum Gasteiger partial charge on any atom is -0.384 e. The molecule has 1 aromatic heterocycles. The molecule has 1 heterocycles. The first-order valence-electron chi connectivity index (χ1n) is 5.58. The molecule has 0 aliphatic rings. The summed E-state index contributed by atoms with van der Waals surface area (Å²) in [6.45, 7) is 2.15. The van der Waals surface area contributed by atoms with Crippen LogP contribution in [0.15, 0.2) is 42.6 Å². The number of hydrogen-bond acceptors (Lipinski definition) is 3. The van der Waals surface area contributed by atoms with Gasteiger partial charge in [-0.25, -0.2) is 4.98 Å². The number of rotatable bonds is 4. The molecular weight excluding hydrogens is 228 g/mol. The quantitative estimate of drug-likeness (QED) is 0.895. The first-order chi connectivity index (χ1) is 8.25. The number of aryl methyl sites for hydroxylation is 1. The highest BCUT2D eigenvalue weighted by molar-refractivity contribution is 7.97. The van der Waals surface area contributed by atoms with E-state index in [0.717, 1.165) is 11.5 Å². The van der Waals surface area contributed by atoms with Crippen molar-refractivity contribution in [1.29, 1.82) is 0 Å². The van der Waals surface area contributed by atoms with E-state index in [9.17, 15) is 0 Å². The fourth-order valence-corrected chi connectivity index (χ4v) is 2.70. The molecule has 2 N–H and O–H groups in total. The van der Waals surface area contributed by atoms with E-state index in [0.29, 0.717) is 5.82 Å². The number of benzene rings is 1. The molecular formula is C14H16N2S. The Bertz CT molecular complexity index is 497. The maximum Gasteiger partial charge on any atom is 0.123 e. The molecule has 2 rings (SSSR count). The minimum atomic E-state index is 0.596. The lowest BCUT2D eigenvalue weighted by molar-refractivity contribution is 1.27. The molecule has 0 unspecified atom stereocenters. The Kier molecular flexibility index (Phi) is 4.04. The minimum absolute atomic E-state index is 0.596. The van der Waals surface area contributed by atoms with Crippen molar-refractivity contribution in [2.24, 2.45) is 0 Å². The number of aromatic nitrogens is 1. The van der Waals surface area contributed by atoms with Crippen LogP contribution in [0.3, 0.4) is 0 Å². The van der Waals surface area contributed by atoms with E-state index in [1.54, 1.807) is 6.20 Å². The molecule has 17 heavy (non-hydrogen) atoms. The molecule has 2 aromatic rings. The lowest BCUT2D eigenvalue weighted by atomic mass is 10.1. The summed E-state index contributed by atoms with van der Waals surface area (Å²) in [5.41, 5.74) is 9.64. The second-order valence-corrected chi connectivity index (χ2v) is 4.99. The van der Waals surface area contributed by atoms with Crippen molar-refractivity contribution >= 4 is 17.6 Å². The predicted molar refractivity (Wildman–Crippen MR) is 74.8 cm³/mol. The molecule has 2 nitrogen and oxygen atoms in total. The van der Waals surface area contributed by atoms with Gasteiger partial charge in [0.1, 0.15) is 5.82 Å². The van der Waals surface area contributed by atoms with Crippen LogP contribution in [0.4, 0.5) is 5.82 Å². The molecule has 0 aliphatic carbocycles. The van der Waals surface area contributed by atoms with Gasteiger partial charge >= 0.3 is 0 Å². The van der Waals surface area contributed by atoms with Crippen LogP contribution in [0.5, 0.6) is 0 Å². The summed E-state index contributed by atoms with van der Waals surface area (Å²) < 4.78 is 0. The monoisotopic (exact) mass is 244 g/mol. The molecule has 0 saturated carbocycles. The summed E-state index contributed by atoms with van der Waals surface area (Å²) in [7, 11) is 0. The maximum absolute atomic E-state index is 5.65. The zero-order valence-corrected chi connectivity index (χ0v) is 10.7. The van der Waals surface area contributed by atoms with Gasteiger partial charge in [0.15, 0.2) is 0 Å². The standard InChI is InChI=1S/C14H16N2S/c1-11-4-2-3-5-13(11)10-17-9-12-6-7-16-14(15)8-12/h2-8H,9-10H2,1H3,(H2,15,16). The molecule has 1 aromatic carbocycles. The molecule has 0 saturated heterocycles. The third-order valence-electron chi connectivity index (χ3n) is 2.63. The van der Waals surface area contributed by atoms with Gasteiger partial charge in [0.2, 0.25) is 0 Å². The highest BCUT2D eigenvalue weighted by Gasteiger charge is 1.99. The van der Waals surface area contributed by atoms with Crippen LogP contribution < -0.4 is 5.73 Å². The molecule has 0 fully saturated rings. The average Bonchev–Trinajstić information content (AvgIpc) is 2.32.